The summed E-state index contributed by atoms with van der Waals surface area (Å²) in [6, 6.07) is 6.05. The Bertz CT molecular complexity index is 580. The summed E-state index contributed by atoms with van der Waals surface area (Å²) in [5.41, 5.74) is 0.995. The number of rotatable bonds is 3. The maximum absolute atomic E-state index is 11.9. The summed E-state index contributed by atoms with van der Waals surface area (Å²) in [6.45, 7) is 0.311. The molecule has 0 spiro atoms. The molecular weight excluding hydrogens is 254 g/mol. The van der Waals surface area contributed by atoms with Crippen LogP contribution in [0.25, 0.3) is 0 Å². The number of carbonyl (C=O) groups is 1. The number of halogens is 1. The highest BCUT2D eigenvalue weighted by molar-refractivity contribution is 6.33. The van der Waals surface area contributed by atoms with E-state index < -0.39 is 0 Å². The zero-order chi connectivity index (χ0) is 13.1. The van der Waals surface area contributed by atoms with Gasteiger partial charge >= 0.3 is 0 Å². The molecule has 2 rings (SSSR count). The Kier molecular flexibility index (Phi) is 3.53. The topological polar surface area (TPSA) is 67.2 Å². The van der Waals surface area contributed by atoms with Crippen LogP contribution in [0.15, 0.2) is 30.5 Å². The molecule has 94 valence electrons. The van der Waals surface area contributed by atoms with Crippen LogP contribution in [-0.4, -0.2) is 20.8 Å². The van der Waals surface area contributed by atoms with Gasteiger partial charge in [-0.2, -0.15) is 5.10 Å². The zero-order valence-corrected chi connectivity index (χ0v) is 10.5. The molecule has 0 bridgehead atoms. The zero-order valence-electron chi connectivity index (χ0n) is 9.72. The Morgan fingerprint density at radius 3 is 2.94 bits per heavy atom. The van der Waals surface area contributed by atoms with E-state index in [4.69, 9.17) is 11.6 Å². The van der Waals surface area contributed by atoms with Crippen LogP contribution in [0.4, 0.5) is 0 Å². The molecule has 0 aliphatic rings. The van der Waals surface area contributed by atoms with Gasteiger partial charge in [0.25, 0.3) is 5.91 Å². The van der Waals surface area contributed by atoms with Crippen molar-refractivity contribution in [1.29, 1.82) is 0 Å². The maximum atomic E-state index is 11.9. The average Bonchev–Trinajstić information content (AvgIpc) is 2.75. The first-order valence-electron chi connectivity index (χ1n) is 5.31. The number of carbonyl (C=O) groups excluding carboxylic acids is 1. The Morgan fingerprint density at radius 1 is 1.50 bits per heavy atom. The number of nitrogens with one attached hydrogen (secondary N) is 1. The fourth-order valence-electron chi connectivity index (χ4n) is 1.51. The predicted octanol–water partition coefficient (Wildman–Crippen LogP) is 1.71. The SMILES string of the molecule is Cn1ccc(CNC(=O)c2cc(O)ccc2Cl)n1. The molecule has 0 aliphatic heterocycles. The lowest BCUT2D eigenvalue weighted by Gasteiger charge is -2.05. The molecule has 0 saturated heterocycles. The molecular formula is C12H12ClN3O2. The first-order chi connectivity index (χ1) is 8.56. The monoisotopic (exact) mass is 265 g/mol. The van der Waals surface area contributed by atoms with Gasteiger partial charge in [-0.25, -0.2) is 0 Å². The second-order valence-corrected chi connectivity index (χ2v) is 4.23. The van der Waals surface area contributed by atoms with Crippen molar-refractivity contribution in [3.8, 4) is 5.75 Å². The van der Waals surface area contributed by atoms with Crippen molar-refractivity contribution in [2.75, 3.05) is 0 Å². The number of hydrogen-bond acceptors (Lipinski definition) is 3. The lowest BCUT2D eigenvalue weighted by atomic mass is 10.2. The van der Waals surface area contributed by atoms with Crippen molar-refractivity contribution in [3.63, 3.8) is 0 Å². The smallest absolute Gasteiger partial charge is 0.253 e. The molecule has 0 fully saturated rings. The summed E-state index contributed by atoms with van der Waals surface area (Å²) in [5.74, 6) is -0.344. The van der Waals surface area contributed by atoms with Crippen LogP contribution in [0.1, 0.15) is 16.1 Å². The number of aryl methyl sites for hydroxylation is 1. The molecule has 1 heterocycles. The number of phenols is 1. The highest BCUT2D eigenvalue weighted by atomic mass is 35.5. The Hall–Kier alpha value is -2.01. The second kappa shape index (κ2) is 5.10. The summed E-state index contributed by atoms with van der Waals surface area (Å²) in [7, 11) is 1.80. The van der Waals surface area contributed by atoms with E-state index in [0.717, 1.165) is 5.69 Å². The quantitative estimate of drug-likeness (QED) is 0.888. The maximum Gasteiger partial charge on any atom is 0.253 e. The molecule has 18 heavy (non-hydrogen) atoms. The Balaban J connectivity index is 2.05. The van der Waals surface area contributed by atoms with Gasteiger partial charge in [0.2, 0.25) is 0 Å². The molecule has 1 aromatic heterocycles. The van der Waals surface area contributed by atoms with E-state index >= 15 is 0 Å². The summed E-state index contributed by atoms with van der Waals surface area (Å²) in [6.07, 6.45) is 1.79. The molecule has 0 atom stereocenters. The van der Waals surface area contributed by atoms with Crippen LogP contribution in [0.2, 0.25) is 5.02 Å². The fourth-order valence-corrected chi connectivity index (χ4v) is 1.71. The number of aromatic hydroxyl groups is 1. The number of phenolic OH excluding ortho intramolecular Hbond substituents is 1. The highest BCUT2D eigenvalue weighted by Gasteiger charge is 2.11. The summed E-state index contributed by atoms with van der Waals surface area (Å²) in [5, 5.41) is 16.4. The van der Waals surface area contributed by atoms with Gasteiger partial charge in [-0.1, -0.05) is 11.6 Å². The van der Waals surface area contributed by atoms with Crippen LogP contribution in [0.5, 0.6) is 5.75 Å². The Labute approximate surface area is 109 Å². The lowest BCUT2D eigenvalue weighted by Crippen LogP contribution is -2.23. The molecule has 0 radical (unpaired) electrons. The first-order valence-corrected chi connectivity index (χ1v) is 5.69. The van der Waals surface area contributed by atoms with Crippen molar-refractivity contribution < 1.29 is 9.90 Å². The van der Waals surface area contributed by atoms with E-state index in [9.17, 15) is 9.90 Å². The third-order valence-electron chi connectivity index (χ3n) is 2.39. The third-order valence-corrected chi connectivity index (χ3v) is 2.72. The van der Waals surface area contributed by atoms with Crippen molar-refractivity contribution in [1.82, 2.24) is 15.1 Å². The van der Waals surface area contributed by atoms with Gasteiger partial charge in [0.05, 0.1) is 22.8 Å². The van der Waals surface area contributed by atoms with Crippen LogP contribution < -0.4 is 5.32 Å². The van der Waals surface area contributed by atoms with Gasteiger partial charge < -0.3 is 10.4 Å². The van der Waals surface area contributed by atoms with Crippen molar-refractivity contribution in [2.24, 2.45) is 7.05 Å². The highest BCUT2D eigenvalue weighted by Crippen LogP contribution is 2.20. The number of amides is 1. The summed E-state index contributed by atoms with van der Waals surface area (Å²) in [4.78, 5) is 11.9. The Morgan fingerprint density at radius 2 is 2.28 bits per heavy atom. The molecule has 0 saturated carbocycles. The number of benzene rings is 1. The van der Waals surface area contributed by atoms with E-state index in [-0.39, 0.29) is 17.2 Å². The van der Waals surface area contributed by atoms with E-state index in [0.29, 0.717) is 11.6 Å². The molecule has 0 aliphatic carbocycles. The van der Waals surface area contributed by atoms with Crippen molar-refractivity contribution >= 4 is 17.5 Å². The van der Waals surface area contributed by atoms with Crippen LogP contribution in [-0.2, 0) is 13.6 Å². The lowest BCUT2D eigenvalue weighted by molar-refractivity contribution is 0.0950. The molecule has 1 aromatic carbocycles. The molecule has 0 unspecified atom stereocenters. The first kappa shape index (κ1) is 12.4. The van der Waals surface area contributed by atoms with Crippen molar-refractivity contribution in [2.45, 2.75) is 6.54 Å². The minimum Gasteiger partial charge on any atom is -0.508 e. The van der Waals surface area contributed by atoms with E-state index in [1.807, 2.05) is 6.07 Å². The predicted molar refractivity (Wildman–Crippen MR) is 67.5 cm³/mol. The van der Waals surface area contributed by atoms with E-state index in [2.05, 4.69) is 10.4 Å². The van der Waals surface area contributed by atoms with Gasteiger partial charge in [0.15, 0.2) is 0 Å². The van der Waals surface area contributed by atoms with Gasteiger partial charge in [0.1, 0.15) is 5.75 Å². The third kappa shape index (κ3) is 2.81. The fraction of sp³-hybridized carbons (Fsp3) is 0.167. The van der Waals surface area contributed by atoms with Gasteiger partial charge in [-0.15, -0.1) is 0 Å². The number of nitrogens with zero attached hydrogens (tertiary/aromatic N) is 2. The molecule has 2 aromatic rings. The van der Waals surface area contributed by atoms with Gasteiger partial charge in [0, 0.05) is 13.2 Å². The summed E-state index contributed by atoms with van der Waals surface area (Å²) < 4.78 is 1.66. The van der Waals surface area contributed by atoms with Crippen LogP contribution >= 0.6 is 11.6 Å². The normalized spacial score (nSPS) is 10.3. The molecule has 1 amide bonds. The number of hydrogen-bond donors (Lipinski definition) is 2. The van der Waals surface area contributed by atoms with Crippen molar-refractivity contribution in [3.05, 3.63) is 46.7 Å². The standard InChI is InChI=1S/C12H12ClN3O2/c1-16-5-4-8(15-16)7-14-12(18)10-6-9(17)2-3-11(10)13/h2-6,17H,7H2,1H3,(H,14,18). The minimum absolute atomic E-state index is 0.00221. The molecule has 2 N–H and O–H groups in total. The van der Waals surface area contributed by atoms with Crippen LogP contribution in [0, 0.1) is 0 Å². The molecule has 5 nitrogen and oxygen atoms in total. The molecule has 6 heteroatoms. The van der Waals surface area contributed by atoms with Gasteiger partial charge in [-0.05, 0) is 24.3 Å². The largest absolute Gasteiger partial charge is 0.508 e. The second-order valence-electron chi connectivity index (χ2n) is 3.83. The van der Waals surface area contributed by atoms with E-state index in [1.165, 1.54) is 18.2 Å². The van der Waals surface area contributed by atoms with Gasteiger partial charge in [-0.3, -0.25) is 9.48 Å². The summed E-state index contributed by atoms with van der Waals surface area (Å²) >= 11 is 5.89. The minimum atomic E-state index is -0.346. The number of aromatic nitrogens is 2. The average molecular weight is 266 g/mol. The van der Waals surface area contributed by atoms with E-state index in [1.54, 1.807) is 17.9 Å². The van der Waals surface area contributed by atoms with Crippen LogP contribution in [0.3, 0.4) is 0 Å².